The van der Waals surface area contributed by atoms with Gasteiger partial charge in [-0.05, 0) is 43.3 Å². The number of carbonyl (C=O) groups excluding carboxylic acids is 1. The van der Waals surface area contributed by atoms with Gasteiger partial charge in [-0.25, -0.2) is 4.79 Å². The van der Waals surface area contributed by atoms with E-state index in [1.165, 1.54) is 0 Å². The zero-order valence-electron chi connectivity index (χ0n) is 12.7. The molecule has 6 nitrogen and oxygen atoms in total. The number of aryl methyl sites for hydroxylation is 1. The van der Waals surface area contributed by atoms with Crippen molar-refractivity contribution in [2.24, 2.45) is 7.05 Å². The first kappa shape index (κ1) is 15.9. The highest BCUT2D eigenvalue weighted by atomic mass is 16.5. The molecule has 0 aliphatic heterocycles. The molecule has 1 atom stereocenters. The Bertz CT molecular complexity index is 607. The van der Waals surface area contributed by atoms with Gasteiger partial charge in [0.1, 0.15) is 11.9 Å². The summed E-state index contributed by atoms with van der Waals surface area (Å²) in [6.07, 6.45) is 1.10. The summed E-state index contributed by atoms with van der Waals surface area (Å²) in [5, 5.41) is 15.4. The number of amides is 2. The number of anilines is 1. The van der Waals surface area contributed by atoms with Crippen molar-refractivity contribution in [2.75, 3.05) is 18.5 Å². The van der Waals surface area contributed by atoms with E-state index in [9.17, 15) is 9.90 Å². The third kappa shape index (κ3) is 4.26. The molecule has 0 bridgehead atoms. The van der Waals surface area contributed by atoms with Gasteiger partial charge >= 0.3 is 6.03 Å². The van der Waals surface area contributed by atoms with E-state index >= 15 is 0 Å². The molecule has 0 saturated heterocycles. The molecule has 0 fully saturated rings. The maximum absolute atomic E-state index is 11.8. The Kier molecular flexibility index (Phi) is 5.43. The predicted molar refractivity (Wildman–Crippen MR) is 85.0 cm³/mol. The minimum atomic E-state index is -0.744. The van der Waals surface area contributed by atoms with Gasteiger partial charge in [0.2, 0.25) is 0 Å². The fourth-order valence-corrected chi connectivity index (χ4v) is 2.09. The van der Waals surface area contributed by atoms with Gasteiger partial charge in [0.25, 0.3) is 0 Å². The number of nitrogens with zero attached hydrogens (tertiary/aromatic N) is 1. The summed E-state index contributed by atoms with van der Waals surface area (Å²) in [6.45, 7) is 2.66. The average molecular weight is 303 g/mol. The molecule has 2 amide bonds. The molecule has 2 aromatic rings. The number of ether oxygens (including phenoxy) is 1. The fourth-order valence-electron chi connectivity index (χ4n) is 2.09. The molecule has 22 heavy (non-hydrogen) atoms. The van der Waals surface area contributed by atoms with Crippen molar-refractivity contribution in [2.45, 2.75) is 13.0 Å². The van der Waals surface area contributed by atoms with Crippen LogP contribution in [0.25, 0.3) is 0 Å². The maximum atomic E-state index is 11.8. The van der Waals surface area contributed by atoms with Gasteiger partial charge in [-0.3, -0.25) is 0 Å². The summed E-state index contributed by atoms with van der Waals surface area (Å²) < 4.78 is 7.15. The molecule has 2 rings (SSSR count). The quantitative estimate of drug-likeness (QED) is 0.766. The van der Waals surface area contributed by atoms with Gasteiger partial charge in [-0.1, -0.05) is 0 Å². The van der Waals surface area contributed by atoms with E-state index in [1.54, 1.807) is 24.3 Å². The number of carbonyl (C=O) groups is 1. The molecule has 0 saturated carbocycles. The van der Waals surface area contributed by atoms with E-state index in [2.05, 4.69) is 10.6 Å². The number of rotatable bonds is 6. The first-order valence-corrected chi connectivity index (χ1v) is 7.17. The van der Waals surface area contributed by atoms with Crippen LogP contribution in [0, 0.1) is 0 Å². The highest BCUT2D eigenvalue weighted by molar-refractivity contribution is 5.89. The first-order chi connectivity index (χ1) is 10.6. The molecule has 1 aromatic heterocycles. The lowest BCUT2D eigenvalue weighted by molar-refractivity contribution is 0.167. The number of benzene rings is 1. The molecule has 6 heteroatoms. The number of hydrogen-bond donors (Lipinski definition) is 3. The van der Waals surface area contributed by atoms with Crippen molar-refractivity contribution in [3.63, 3.8) is 0 Å². The summed E-state index contributed by atoms with van der Waals surface area (Å²) in [5.74, 6) is 0.757. The Morgan fingerprint density at radius 2 is 2.05 bits per heavy atom. The zero-order chi connectivity index (χ0) is 15.9. The standard InChI is InChI=1S/C16H21N3O3/c1-3-22-13-8-6-12(7-9-13)18-16(21)17-11-15(20)14-5-4-10-19(14)2/h4-10,15,20H,3,11H2,1-2H3,(H2,17,18,21). The molecular formula is C16H21N3O3. The third-order valence-electron chi connectivity index (χ3n) is 3.20. The second-order valence-corrected chi connectivity index (χ2v) is 4.85. The van der Waals surface area contributed by atoms with Crippen LogP contribution in [0.1, 0.15) is 18.7 Å². The molecule has 0 aliphatic rings. The molecular weight excluding hydrogens is 282 g/mol. The molecule has 0 radical (unpaired) electrons. The molecule has 1 unspecified atom stereocenters. The predicted octanol–water partition coefficient (Wildman–Crippen LogP) is 2.28. The van der Waals surface area contributed by atoms with Crippen LogP contribution in [0.5, 0.6) is 5.75 Å². The topological polar surface area (TPSA) is 75.5 Å². The second kappa shape index (κ2) is 7.51. The molecule has 0 spiro atoms. The first-order valence-electron chi connectivity index (χ1n) is 7.17. The highest BCUT2D eigenvalue weighted by Crippen LogP contribution is 2.15. The van der Waals surface area contributed by atoms with Crippen LogP contribution >= 0.6 is 0 Å². The summed E-state index contributed by atoms with van der Waals surface area (Å²) in [6, 6.07) is 10.4. The lowest BCUT2D eigenvalue weighted by atomic mass is 10.2. The van der Waals surface area contributed by atoms with Gasteiger partial charge in [0.05, 0.1) is 13.2 Å². The van der Waals surface area contributed by atoms with Crippen LogP contribution in [0.15, 0.2) is 42.6 Å². The molecule has 3 N–H and O–H groups in total. The molecule has 118 valence electrons. The Balaban J connectivity index is 1.81. The lowest BCUT2D eigenvalue weighted by Crippen LogP contribution is -2.32. The van der Waals surface area contributed by atoms with E-state index in [-0.39, 0.29) is 12.6 Å². The van der Waals surface area contributed by atoms with E-state index in [0.29, 0.717) is 12.3 Å². The number of aromatic nitrogens is 1. The summed E-state index contributed by atoms with van der Waals surface area (Å²) in [7, 11) is 1.85. The fraction of sp³-hybridized carbons (Fsp3) is 0.312. The van der Waals surface area contributed by atoms with E-state index in [4.69, 9.17) is 4.74 Å². The molecule has 1 aromatic carbocycles. The van der Waals surface area contributed by atoms with Crippen molar-refractivity contribution in [1.82, 2.24) is 9.88 Å². The zero-order valence-corrected chi connectivity index (χ0v) is 12.7. The number of aliphatic hydroxyl groups is 1. The number of hydrogen-bond acceptors (Lipinski definition) is 3. The van der Waals surface area contributed by atoms with Crippen LogP contribution in [0.2, 0.25) is 0 Å². The number of urea groups is 1. The molecule has 0 aliphatic carbocycles. The average Bonchev–Trinajstić information content (AvgIpc) is 2.93. The van der Waals surface area contributed by atoms with Gasteiger partial charge in [-0.2, -0.15) is 0 Å². The Hall–Kier alpha value is -2.47. The van der Waals surface area contributed by atoms with Crippen molar-refractivity contribution in [3.05, 3.63) is 48.3 Å². The van der Waals surface area contributed by atoms with E-state index in [1.807, 2.05) is 36.9 Å². The van der Waals surface area contributed by atoms with Crippen molar-refractivity contribution < 1.29 is 14.6 Å². The third-order valence-corrected chi connectivity index (χ3v) is 3.20. The Morgan fingerprint density at radius 1 is 1.32 bits per heavy atom. The minimum absolute atomic E-state index is 0.140. The summed E-state index contributed by atoms with van der Waals surface area (Å²) in [5.41, 5.74) is 1.41. The lowest BCUT2D eigenvalue weighted by Gasteiger charge is -2.14. The number of aliphatic hydroxyl groups excluding tert-OH is 1. The van der Waals surface area contributed by atoms with E-state index in [0.717, 1.165) is 11.4 Å². The Morgan fingerprint density at radius 3 is 2.64 bits per heavy atom. The Labute approximate surface area is 129 Å². The van der Waals surface area contributed by atoms with Crippen LogP contribution < -0.4 is 15.4 Å². The van der Waals surface area contributed by atoms with Crippen molar-refractivity contribution in [3.8, 4) is 5.75 Å². The van der Waals surface area contributed by atoms with Crippen molar-refractivity contribution >= 4 is 11.7 Å². The maximum Gasteiger partial charge on any atom is 0.319 e. The summed E-state index contributed by atoms with van der Waals surface area (Å²) >= 11 is 0. The minimum Gasteiger partial charge on any atom is -0.494 e. The highest BCUT2D eigenvalue weighted by Gasteiger charge is 2.11. The monoisotopic (exact) mass is 303 g/mol. The van der Waals surface area contributed by atoms with Gasteiger partial charge in [0.15, 0.2) is 0 Å². The largest absolute Gasteiger partial charge is 0.494 e. The van der Waals surface area contributed by atoms with E-state index < -0.39 is 6.10 Å². The van der Waals surface area contributed by atoms with Crippen LogP contribution in [0.4, 0.5) is 10.5 Å². The second-order valence-electron chi connectivity index (χ2n) is 4.85. The van der Waals surface area contributed by atoms with Gasteiger partial charge in [0, 0.05) is 24.6 Å². The molecule has 1 heterocycles. The van der Waals surface area contributed by atoms with Gasteiger partial charge in [-0.15, -0.1) is 0 Å². The van der Waals surface area contributed by atoms with Gasteiger partial charge < -0.3 is 25.0 Å². The van der Waals surface area contributed by atoms with Crippen molar-refractivity contribution in [1.29, 1.82) is 0 Å². The normalized spacial score (nSPS) is 11.8. The SMILES string of the molecule is CCOc1ccc(NC(=O)NCC(O)c2cccn2C)cc1. The number of nitrogens with one attached hydrogen (secondary N) is 2. The van der Waals surface area contributed by atoms with Crippen LogP contribution in [0.3, 0.4) is 0 Å². The smallest absolute Gasteiger partial charge is 0.319 e. The summed E-state index contributed by atoms with van der Waals surface area (Å²) in [4.78, 5) is 11.8. The van der Waals surface area contributed by atoms with Crippen LogP contribution in [-0.2, 0) is 7.05 Å². The van der Waals surface area contributed by atoms with Crippen LogP contribution in [-0.4, -0.2) is 28.9 Å².